The maximum atomic E-state index is 2.35. The number of fused-ring (bicyclic) bond motifs is 1. The van der Waals surface area contributed by atoms with E-state index < -0.39 is 0 Å². The highest BCUT2D eigenvalue weighted by Crippen LogP contribution is 2.21. The van der Waals surface area contributed by atoms with Gasteiger partial charge in [0.05, 0.1) is 5.52 Å². The van der Waals surface area contributed by atoms with Gasteiger partial charge in [-0.1, -0.05) is 69.3 Å². The summed E-state index contributed by atoms with van der Waals surface area (Å²) >= 11 is 0. The van der Waals surface area contributed by atoms with Crippen molar-refractivity contribution in [2.45, 2.75) is 33.7 Å². The van der Waals surface area contributed by atoms with Crippen molar-refractivity contribution in [2.24, 2.45) is 0 Å². The number of nitrogens with zero attached hydrogens (tertiary/aromatic N) is 1. The maximum absolute atomic E-state index is 2.35. The van der Waals surface area contributed by atoms with Crippen molar-refractivity contribution in [3.8, 4) is 0 Å². The van der Waals surface area contributed by atoms with Gasteiger partial charge in [0.25, 0.3) is 0 Å². The Balaban J connectivity index is 0.000000704. The molecule has 0 spiro atoms. The van der Waals surface area contributed by atoms with E-state index in [0.717, 1.165) is 13.0 Å². The van der Waals surface area contributed by atoms with Gasteiger partial charge >= 0.3 is 0 Å². The van der Waals surface area contributed by atoms with Crippen molar-refractivity contribution < 1.29 is 0 Å². The van der Waals surface area contributed by atoms with Gasteiger partial charge in [0, 0.05) is 12.7 Å². The molecule has 2 aromatic carbocycles. The second kappa shape index (κ2) is 6.95. The minimum atomic E-state index is 0.946. The monoisotopic (exact) mass is 265 g/mol. The van der Waals surface area contributed by atoms with Crippen LogP contribution in [0.5, 0.6) is 0 Å². The molecule has 0 saturated heterocycles. The van der Waals surface area contributed by atoms with Crippen molar-refractivity contribution in [3.05, 3.63) is 71.9 Å². The molecule has 1 aromatic heterocycles. The molecule has 1 heterocycles. The molecule has 0 fully saturated rings. The normalized spacial score (nSPS) is 10.2. The van der Waals surface area contributed by atoms with Gasteiger partial charge in [-0.3, -0.25) is 0 Å². The summed E-state index contributed by atoms with van der Waals surface area (Å²) in [6, 6.07) is 19.4. The Bertz CT molecular complexity index is 650. The van der Waals surface area contributed by atoms with Crippen LogP contribution in [0.25, 0.3) is 10.9 Å². The predicted octanol–water partition coefficient (Wildman–Crippen LogP) is 5.28. The van der Waals surface area contributed by atoms with Gasteiger partial charge < -0.3 is 4.57 Å². The zero-order valence-corrected chi connectivity index (χ0v) is 12.6. The third-order valence-electron chi connectivity index (χ3n) is 3.45. The van der Waals surface area contributed by atoms with Gasteiger partial charge in [-0.25, -0.2) is 0 Å². The summed E-state index contributed by atoms with van der Waals surface area (Å²) < 4.78 is 2.35. The van der Waals surface area contributed by atoms with E-state index in [0.29, 0.717) is 0 Å². The summed E-state index contributed by atoms with van der Waals surface area (Å²) in [5.41, 5.74) is 4.15. The van der Waals surface area contributed by atoms with E-state index in [1.165, 1.54) is 22.0 Å². The van der Waals surface area contributed by atoms with Crippen LogP contribution in [0.1, 0.15) is 31.9 Å². The molecule has 1 nitrogen and oxygen atoms in total. The molecule has 3 rings (SSSR count). The average Bonchev–Trinajstić information content (AvgIpc) is 2.93. The molecule has 0 radical (unpaired) electrons. The van der Waals surface area contributed by atoms with Gasteiger partial charge in [-0.2, -0.15) is 0 Å². The Morgan fingerprint density at radius 3 is 2.30 bits per heavy atom. The largest absolute Gasteiger partial charge is 0.343 e. The Morgan fingerprint density at radius 2 is 1.60 bits per heavy atom. The van der Waals surface area contributed by atoms with Crippen LogP contribution in [0.4, 0.5) is 0 Å². The lowest BCUT2D eigenvalue weighted by Crippen LogP contribution is -1.99. The minimum absolute atomic E-state index is 0.946. The fourth-order valence-corrected chi connectivity index (χ4v) is 2.54. The molecule has 104 valence electrons. The molecule has 0 aliphatic rings. The molecule has 0 aliphatic carbocycles. The van der Waals surface area contributed by atoms with Gasteiger partial charge in [0.2, 0.25) is 0 Å². The van der Waals surface area contributed by atoms with E-state index >= 15 is 0 Å². The Morgan fingerprint density at radius 1 is 0.850 bits per heavy atom. The number of benzene rings is 2. The number of hydrogen-bond acceptors (Lipinski definition) is 0. The number of hydrogen-bond donors (Lipinski definition) is 0. The topological polar surface area (TPSA) is 4.93 Å². The lowest BCUT2D eigenvalue weighted by molar-refractivity contribution is 0.831. The number of aryl methyl sites for hydroxylation is 1. The first-order valence-electron chi connectivity index (χ1n) is 7.49. The third kappa shape index (κ3) is 2.93. The molecule has 20 heavy (non-hydrogen) atoms. The smallest absolute Gasteiger partial charge is 0.0515 e. The fraction of sp³-hybridized carbons (Fsp3) is 0.263. The van der Waals surface area contributed by atoms with Crippen LogP contribution >= 0.6 is 0 Å². The first-order valence-corrected chi connectivity index (χ1v) is 7.49. The first kappa shape index (κ1) is 14.4. The predicted molar refractivity (Wildman–Crippen MR) is 88.2 cm³/mol. The minimum Gasteiger partial charge on any atom is -0.343 e. The lowest BCUT2D eigenvalue weighted by atomic mass is 10.1. The van der Waals surface area contributed by atoms with Crippen LogP contribution in [-0.2, 0) is 13.0 Å². The van der Waals surface area contributed by atoms with Crippen molar-refractivity contribution in [1.82, 2.24) is 4.57 Å². The molecule has 0 aliphatic heterocycles. The Kier molecular flexibility index (Phi) is 5.00. The lowest BCUT2D eigenvalue weighted by Gasteiger charge is -2.09. The quantitative estimate of drug-likeness (QED) is 0.607. The van der Waals surface area contributed by atoms with Crippen LogP contribution in [0.15, 0.2) is 60.8 Å². The zero-order valence-electron chi connectivity index (χ0n) is 12.6. The zero-order chi connectivity index (χ0) is 14.4. The molecular formula is C19H23N. The molecule has 1 heteroatoms. The fourth-order valence-electron chi connectivity index (χ4n) is 2.54. The van der Waals surface area contributed by atoms with Crippen LogP contribution in [0, 0.1) is 0 Å². The first-order chi connectivity index (χ1) is 9.88. The van der Waals surface area contributed by atoms with Crippen molar-refractivity contribution in [3.63, 3.8) is 0 Å². The summed E-state index contributed by atoms with van der Waals surface area (Å²) in [7, 11) is 0. The molecule has 0 saturated carbocycles. The summed E-state index contributed by atoms with van der Waals surface area (Å²) in [6.07, 6.45) is 3.27. The molecule has 0 unspecified atom stereocenters. The summed E-state index contributed by atoms with van der Waals surface area (Å²) in [4.78, 5) is 0. The second-order valence-corrected chi connectivity index (χ2v) is 4.64. The van der Waals surface area contributed by atoms with E-state index in [1.54, 1.807) is 0 Å². The second-order valence-electron chi connectivity index (χ2n) is 4.64. The maximum Gasteiger partial charge on any atom is 0.0515 e. The standard InChI is InChI=1S/C17H17N.C2H6/c1-2-15-9-6-10-16-11-12-18(17(15)16)13-14-7-4-3-5-8-14;1-2/h3-12H,2,13H2,1H3;1-2H3. The Hall–Kier alpha value is -2.02. The van der Waals surface area contributed by atoms with E-state index in [2.05, 4.69) is 72.3 Å². The van der Waals surface area contributed by atoms with E-state index in [4.69, 9.17) is 0 Å². The molecule has 0 N–H and O–H groups in total. The highest BCUT2D eigenvalue weighted by atomic mass is 15.0. The summed E-state index contributed by atoms with van der Waals surface area (Å²) in [6.45, 7) is 7.16. The molecule has 0 bridgehead atoms. The Labute approximate surface area is 121 Å². The van der Waals surface area contributed by atoms with Crippen LogP contribution in [0.2, 0.25) is 0 Å². The molecule has 3 aromatic rings. The van der Waals surface area contributed by atoms with Crippen molar-refractivity contribution in [1.29, 1.82) is 0 Å². The van der Waals surface area contributed by atoms with Crippen LogP contribution in [-0.4, -0.2) is 4.57 Å². The number of para-hydroxylation sites is 1. The van der Waals surface area contributed by atoms with Crippen molar-refractivity contribution >= 4 is 10.9 Å². The van der Waals surface area contributed by atoms with Gasteiger partial charge in [-0.15, -0.1) is 0 Å². The van der Waals surface area contributed by atoms with E-state index in [-0.39, 0.29) is 0 Å². The SMILES string of the molecule is CC.CCc1cccc2ccn(Cc3ccccc3)c12. The van der Waals surface area contributed by atoms with Gasteiger partial charge in [-0.05, 0) is 29.0 Å². The summed E-state index contributed by atoms with van der Waals surface area (Å²) in [5.74, 6) is 0. The van der Waals surface area contributed by atoms with Gasteiger partial charge in [0.1, 0.15) is 0 Å². The van der Waals surface area contributed by atoms with Crippen LogP contribution < -0.4 is 0 Å². The third-order valence-corrected chi connectivity index (χ3v) is 3.45. The van der Waals surface area contributed by atoms with E-state index in [9.17, 15) is 0 Å². The van der Waals surface area contributed by atoms with Crippen molar-refractivity contribution in [2.75, 3.05) is 0 Å². The number of rotatable bonds is 3. The molecular weight excluding hydrogens is 242 g/mol. The highest BCUT2D eigenvalue weighted by Gasteiger charge is 2.05. The molecule has 0 amide bonds. The molecule has 0 atom stereocenters. The van der Waals surface area contributed by atoms with Gasteiger partial charge in [0.15, 0.2) is 0 Å². The van der Waals surface area contributed by atoms with E-state index in [1.807, 2.05) is 13.8 Å². The number of aromatic nitrogens is 1. The summed E-state index contributed by atoms with van der Waals surface area (Å²) in [5, 5.41) is 1.34. The van der Waals surface area contributed by atoms with Crippen LogP contribution in [0.3, 0.4) is 0 Å². The highest BCUT2D eigenvalue weighted by molar-refractivity contribution is 5.83. The average molecular weight is 265 g/mol.